The molecule has 7 heteroatoms. The third-order valence-electron chi connectivity index (χ3n) is 4.40. The lowest BCUT2D eigenvalue weighted by Crippen LogP contribution is -2.50. The van der Waals surface area contributed by atoms with Crippen LogP contribution in [-0.2, 0) is 16.1 Å². The molecule has 0 aromatic heterocycles. The molecule has 0 aliphatic rings. The minimum atomic E-state index is -0.634. The summed E-state index contributed by atoms with van der Waals surface area (Å²) in [5, 5.41) is 2.78. The number of benzene rings is 2. The maximum Gasteiger partial charge on any atom is 0.261 e. The lowest BCUT2D eigenvalue weighted by molar-refractivity contribution is -0.142. The van der Waals surface area contributed by atoms with Crippen LogP contribution in [-0.4, -0.2) is 43.0 Å². The summed E-state index contributed by atoms with van der Waals surface area (Å²) in [4.78, 5) is 27.0. The predicted molar refractivity (Wildman–Crippen MR) is 108 cm³/mol. The minimum Gasteiger partial charge on any atom is -0.497 e. The highest BCUT2D eigenvalue weighted by molar-refractivity contribution is 5.88. The van der Waals surface area contributed by atoms with E-state index >= 15 is 0 Å². The summed E-state index contributed by atoms with van der Waals surface area (Å²) >= 11 is 0. The van der Waals surface area contributed by atoms with E-state index in [-0.39, 0.29) is 30.8 Å². The van der Waals surface area contributed by atoms with E-state index in [1.165, 1.54) is 29.2 Å². The molecule has 2 amide bonds. The first-order chi connectivity index (χ1) is 14.0. The standard InChI is InChI=1S/C22H27FN2O4/c1-4-20(22(27)24-5-2)25(14-16-7-6-8-19(13-16)28-3)21(26)15-29-18-11-9-17(23)10-12-18/h6-13,20H,4-5,14-15H2,1-3H3,(H,24,27)/t20-/m1/s1. The second-order valence-corrected chi connectivity index (χ2v) is 6.43. The number of halogens is 1. The van der Waals surface area contributed by atoms with Crippen LogP contribution in [0.5, 0.6) is 11.5 Å². The lowest BCUT2D eigenvalue weighted by Gasteiger charge is -2.30. The molecule has 0 spiro atoms. The maximum absolute atomic E-state index is 13.0. The van der Waals surface area contributed by atoms with Crippen molar-refractivity contribution in [1.82, 2.24) is 10.2 Å². The average molecular weight is 402 g/mol. The summed E-state index contributed by atoms with van der Waals surface area (Å²) < 4.78 is 23.8. The van der Waals surface area contributed by atoms with Gasteiger partial charge in [0.05, 0.1) is 7.11 Å². The number of carbonyl (C=O) groups is 2. The minimum absolute atomic E-state index is 0.215. The van der Waals surface area contributed by atoms with Crippen molar-refractivity contribution in [3.8, 4) is 11.5 Å². The number of amides is 2. The number of rotatable bonds is 10. The number of hydrogen-bond donors (Lipinski definition) is 1. The van der Waals surface area contributed by atoms with Gasteiger partial charge in [-0.1, -0.05) is 19.1 Å². The molecule has 0 bridgehead atoms. The quantitative estimate of drug-likeness (QED) is 0.663. The van der Waals surface area contributed by atoms with E-state index in [4.69, 9.17) is 9.47 Å². The molecule has 0 saturated carbocycles. The Kier molecular flexibility index (Phi) is 8.45. The molecule has 0 radical (unpaired) electrons. The number of carbonyl (C=O) groups excluding carboxylic acids is 2. The van der Waals surface area contributed by atoms with E-state index in [0.717, 1.165) is 5.56 Å². The van der Waals surface area contributed by atoms with Gasteiger partial charge in [-0.3, -0.25) is 9.59 Å². The molecule has 6 nitrogen and oxygen atoms in total. The van der Waals surface area contributed by atoms with Gasteiger partial charge in [0, 0.05) is 13.1 Å². The summed E-state index contributed by atoms with van der Waals surface area (Å²) in [6, 6.07) is 12.1. The predicted octanol–water partition coefficient (Wildman–Crippen LogP) is 3.16. The van der Waals surface area contributed by atoms with Gasteiger partial charge in [0.15, 0.2) is 6.61 Å². The first kappa shape index (κ1) is 22.2. The van der Waals surface area contributed by atoms with Crippen LogP contribution >= 0.6 is 0 Å². The van der Waals surface area contributed by atoms with E-state index in [1.807, 2.05) is 38.1 Å². The number of ether oxygens (including phenoxy) is 2. The van der Waals surface area contributed by atoms with Gasteiger partial charge < -0.3 is 19.7 Å². The molecule has 2 aromatic rings. The van der Waals surface area contributed by atoms with E-state index in [1.54, 1.807) is 7.11 Å². The van der Waals surface area contributed by atoms with Crippen LogP contribution in [0.25, 0.3) is 0 Å². The van der Waals surface area contributed by atoms with Crippen molar-refractivity contribution in [1.29, 1.82) is 0 Å². The topological polar surface area (TPSA) is 67.9 Å². The van der Waals surface area contributed by atoms with Gasteiger partial charge in [-0.15, -0.1) is 0 Å². The summed E-state index contributed by atoms with van der Waals surface area (Å²) in [7, 11) is 1.57. The average Bonchev–Trinajstić information content (AvgIpc) is 2.73. The van der Waals surface area contributed by atoms with Crippen LogP contribution in [0.1, 0.15) is 25.8 Å². The third kappa shape index (κ3) is 6.48. The van der Waals surface area contributed by atoms with E-state index < -0.39 is 6.04 Å². The van der Waals surface area contributed by atoms with Crippen molar-refractivity contribution in [3.05, 3.63) is 59.9 Å². The Bertz CT molecular complexity index is 811. The van der Waals surface area contributed by atoms with E-state index in [2.05, 4.69) is 5.32 Å². The Morgan fingerprint density at radius 1 is 1.10 bits per heavy atom. The smallest absolute Gasteiger partial charge is 0.261 e. The van der Waals surface area contributed by atoms with Crippen molar-refractivity contribution < 1.29 is 23.5 Å². The normalized spacial score (nSPS) is 11.4. The van der Waals surface area contributed by atoms with Gasteiger partial charge in [0.2, 0.25) is 5.91 Å². The number of methoxy groups -OCH3 is 1. The summed E-state index contributed by atoms with van der Waals surface area (Å²) in [5.41, 5.74) is 0.835. The molecule has 0 aliphatic heterocycles. The van der Waals surface area contributed by atoms with Crippen LogP contribution in [0.15, 0.2) is 48.5 Å². The van der Waals surface area contributed by atoms with Crippen LogP contribution in [0.3, 0.4) is 0 Å². The second kappa shape index (κ2) is 11.0. The van der Waals surface area contributed by atoms with Crippen LogP contribution in [0.4, 0.5) is 4.39 Å². The highest BCUT2D eigenvalue weighted by Crippen LogP contribution is 2.18. The zero-order chi connectivity index (χ0) is 21.2. The lowest BCUT2D eigenvalue weighted by atomic mass is 10.1. The van der Waals surface area contributed by atoms with Crippen LogP contribution in [0, 0.1) is 5.82 Å². The van der Waals surface area contributed by atoms with Gasteiger partial charge in [0.25, 0.3) is 5.91 Å². The Morgan fingerprint density at radius 2 is 1.83 bits per heavy atom. The fraction of sp³-hybridized carbons (Fsp3) is 0.364. The van der Waals surface area contributed by atoms with Gasteiger partial charge in [0.1, 0.15) is 23.4 Å². The fourth-order valence-electron chi connectivity index (χ4n) is 2.94. The first-order valence-electron chi connectivity index (χ1n) is 9.56. The maximum atomic E-state index is 13.0. The van der Waals surface area contributed by atoms with Gasteiger partial charge >= 0.3 is 0 Å². The van der Waals surface area contributed by atoms with Gasteiger partial charge in [-0.25, -0.2) is 4.39 Å². The van der Waals surface area contributed by atoms with Crippen molar-refractivity contribution in [2.24, 2.45) is 0 Å². The van der Waals surface area contributed by atoms with Crippen LogP contribution < -0.4 is 14.8 Å². The molecule has 0 heterocycles. The molecule has 0 fully saturated rings. The molecule has 1 atom stereocenters. The Labute approximate surface area is 170 Å². The molecule has 2 aromatic carbocycles. The number of nitrogens with one attached hydrogen (secondary N) is 1. The highest BCUT2D eigenvalue weighted by Gasteiger charge is 2.28. The Hall–Kier alpha value is -3.09. The van der Waals surface area contributed by atoms with Crippen molar-refractivity contribution in [2.75, 3.05) is 20.3 Å². The molecule has 0 unspecified atom stereocenters. The Morgan fingerprint density at radius 3 is 2.45 bits per heavy atom. The zero-order valence-corrected chi connectivity index (χ0v) is 17.0. The molecule has 2 rings (SSSR count). The number of likely N-dealkylation sites (N-methyl/N-ethyl adjacent to an activating group) is 1. The van der Waals surface area contributed by atoms with Crippen molar-refractivity contribution in [2.45, 2.75) is 32.9 Å². The molecular weight excluding hydrogens is 375 g/mol. The molecule has 1 N–H and O–H groups in total. The number of nitrogens with zero attached hydrogens (tertiary/aromatic N) is 1. The molecule has 29 heavy (non-hydrogen) atoms. The summed E-state index contributed by atoms with van der Waals surface area (Å²) in [6.07, 6.45) is 0.456. The van der Waals surface area contributed by atoms with Crippen molar-refractivity contribution in [3.63, 3.8) is 0 Å². The third-order valence-corrected chi connectivity index (χ3v) is 4.40. The first-order valence-corrected chi connectivity index (χ1v) is 9.56. The zero-order valence-electron chi connectivity index (χ0n) is 17.0. The fourth-order valence-corrected chi connectivity index (χ4v) is 2.94. The summed E-state index contributed by atoms with van der Waals surface area (Å²) in [6.45, 7) is 4.13. The van der Waals surface area contributed by atoms with E-state index in [9.17, 15) is 14.0 Å². The Balaban J connectivity index is 2.20. The van der Waals surface area contributed by atoms with Gasteiger partial charge in [-0.05, 0) is 55.3 Å². The van der Waals surface area contributed by atoms with Crippen LogP contribution in [0.2, 0.25) is 0 Å². The molecule has 0 saturated heterocycles. The second-order valence-electron chi connectivity index (χ2n) is 6.43. The molecule has 156 valence electrons. The molecule has 0 aliphatic carbocycles. The summed E-state index contributed by atoms with van der Waals surface area (Å²) in [5.74, 6) is 0.115. The molecular formula is C22H27FN2O4. The van der Waals surface area contributed by atoms with Gasteiger partial charge in [-0.2, -0.15) is 0 Å². The number of hydrogen-bond acceptors (Lipinski definition) is 4. The monoisotopic (exact) mass is 402 g/mol. The van der Waals surface area contributed by atoms with E-state index in [0.29, 0.717) is 24.5 Å². The van der Waals surface area contributed by atoms with Crippen molar-refractivity contribution >= 4 is 11.8 Å². The largest absolute Gasteiger partial charge is 0.497 e. The SMILES string of the molecule is CCNC(=O)[C@@H](CC)N(Cc1cccc(OC)c1)C(=O)COc1ccc(F)cc1. The highest BCUT2D eigenvalue weighted by atomic mass is 19.1.